The minimum atomic E-state index is -0.182. The number of aromatic nitrogens is 1. The van der Waals surface area contributed by atoms with Crippen molar-refractivity contribution in [2.24, 2.45) is 0 Å². The SMILES string of the molecule is N#CSc1ccc(NC(=O)c2ccncc2)cc1. The average molecular weight is 255 g/mol. The molecule has 1 heterocycles. The predicted octanol–water partition coefficient (Wildman–Crippen LogP) is 2.91. The van der Waals surface area contributed by atoms with Crippen LogP contribution in [-0.2, 0) is 0 Å². The topological polar surface area (TPSA) is 65.8 Å². The van der Waals surface area contributed by atoms with Crippen LogP contribution in [0.3, 0.4) is 0 Å². The molecular formula is C13H9N3OS. The fourth-order valence-electron chi connectivity index (χ4n) is 1.37. The Labute approximate surface area is 109 Å². The third-order valence-electron chi connectivity index (χ3n) is 2.22. The maximum atomic E-state index is 11.8. The molecule has 0 bridgehead atoms. The molecule has 1 N–H and O–H groups in total. The van der Waals surface area contributed by atoms with Crippen LogP contribution in [0.5, 0.6) is 0 Å². The van der Waals surface area contributed by atoms with E-state index in [0.717, 1.165) is 16.7 Å². The van der Waals surface area contributed by atoms with Crippen LogP contribution in [0.15, 0.2) is 53.7 Å². The van der Waals surface area contributed by atoms with Gasteiger partial charge in [-0.1, -0.05) is 0 Å². The summed E-state index contributed by atoms with van der Waals surface area (Å²) < 4.78 is 0. The van der Waals surface area contributed by atoms with Gasteiger partial charge in [-0.05, 0) is 48.2 Å². The van der Waals surface area contributed by atoms with Crippen molar-refractivity contribution in [3.63, 3.8) is 0 Å². The summed E-state index contributed by atoms with van der Waals surface area (Å²) in [5, 5.41) is 13.3. The van der Waals surface area contributed by atoms with Crippen molar-refractivity contribution < 1.29 is 4.79 Å². The number of benzene rings is 1. The zero-order valence-corrected chi connectivity index (χ0v) is 10.1. The van der Waals surface area contributed by atoms with E-state index in [1.54, 1.807) is 48.8 Å². The second-order valence-electron chi connectivity index (χ2n) is 3.41. The first-order valence-electron chi connectivity index (χ1n) is 5.17. The molecule has 0 aliphatic rings. The fourth-order valence-corrected chi connectivity index (χ4v) is 1.74. The zero-order valence-electron chi connectivity index (χ0n) is 9.33. The van der Waals surface area contributed by atoms with Crippen molar-refractivity contribution in [3.05, 3.63) is 54.4 Å². The van der Waals surface area contributed by atoms with Crippen molar-refractivity contribution in [3.8, 4) is 5.40 Å². The molecule has 18 heavy (non-hydrogen) atoms. The highest BCUT2D eigenvalue weighted by Gasteiger charge is 2.04. The zero-order chi connectivity index (χ0) is 12.8. The quantitative estimate of drug-likeness (QED) is 0.676. The van der Waals surface area contributed by atoms with Crippen LogP contribution in [0, 0.1) is 10.7 Å². The van der Waals surface area contributed by atoms with Crippen molar-refractivity contribution >= 4 is 23.4 Å². The minimum Gasteiger partial charge on any atom is -0.322 e. The molecular weight excluding hydrogens is 246 g/mol. The van der Waals surface area contributed by atoms with Gasteiger partial charge in [0.25, 0.3) is 5.91 Å². The maximum Gasteiger partial charge on any atom is 0.255 e. The summed E-state index contributed by atoms with van der Waals surface area (Å²) >= 11 is 1.08. The summed E-state index contributed by atoms with van der Waals surface area (Å²) in [6.45, 7) is 0. The molecule has 4 nitrogen and oxygen atoms in total. The third kappa shape index (κ3) is 3.09. The number of nitriles is 1. The summed E-state index contributed by atoms with van der Waals surface area (Å²) in [6.07, 6.45) is 3.14. The Balaban J connectivity index is 2.06. The average Bonchev–Trinajstić information content (AvgIpc) is 2.42. The van der Waals surface area contributed by atoms with E-state index >= 15 is 0 Å². The van der Waals surface area contributed by atoms with Gasteiger partial charge in [0.15, 0.2) is 0 Å². The van der Waals surface area contributed by atoms with Gasteiger partial charge in [-0.25, -0.2) is 0 Å². The Kier molecular flexibility index (Phi) is 3.94. The number of thiocyanates is 1. The third-order valence-corrected chi connectivity index (χ3v) is 2.82. The van der Waals surface area contributed by atoms with E-state index in [2.05, 4.69) is 10.3 Å². The molecule has 1 aromatic carbocycles. The monoisotopic (exact) mass is 255 g/mol. The molecule has 0 radical (unpaired) electrons. The van der Waals surface area contributed by atoms with Crippen LogP contribution in [0.25, 0.3) is 0 Å². The number of nitrogens with zero attached hydrogens (tertiary/aromatic N) is 2. The van der Waals surface area contributed by atoms with Gasteiger partial charge in [0.05, 0.1) is 0 Å². The van der Waals surface area contributed by atoms with E-state index in [1.165, 1.54) is 0 Å². The van der Waals surface area contributed by atoms with Crippen LogP contribution in [0.1, 0.15) is 10.4 Å². The van der Waals surface area contributed by atoms with Gasteiger partial charge in [0, 0.05) is 28.5 Å². The summed E-state index contributed by atoms with van der Waals surface area (Å²) in [5.74, 6) is -0.182. The number of hydrogen-bond donors (Lipinski definition) is 1. The summed E-state index contributed by atoms with van der Waals surface area (Å²) in [6, 6.07) is 10.4. The van der Waals surface area contributed by atoms with E-state index in [-0.39, 0.29) is 5.91 Å². The summed E-state index contributed by atoms with van der Waals surface area (Å²) in [5.41, 5.74) is 1.25. The molecule has 0 spiro atoms. The number of pyridine rings is 1. The molecule has 88 valence electrons. The molecule has 0 fully saturated rings. The van der Waals surface area contributed by atoms with Crippen molar-refractivity contribution in [1.82, 2.24) is 4.98 Å². The Bertz CT molecular complexity index is 575. The standard InChI is InChI=1S/C13H9N3OS/c14-9-18-12-3-1-11(2-4-12)16-13(17)10-5-7-15-8-6-10/h1-8H,(H,16,17). The molecule has 2 aromatic rings. The van der Waals surface area contributed by atoms with E-state index in [4.69, 9.17) is 5.26 Å². The van der Waals surface area contributed by atoms with Crippen LogP contribution in [-0.4, -0.2) is 10.9 Å². The minimum absolute atomic E-state index is 0.182. The lowest BCUT2D eigenvalue weighted by Gasteiger charge is -2.05. The Morgan fingerprint density at radius 3 is 2.44 bits per heavy atom. The molecule has 0 atom stereocenters. The number of nitrogens with one attached hydrogen (secondary N) is 1. The molecule has 0 aliphatic carbocycles. The number of thioether (sulfide) groups is 1. The van der Waals surface area contributed by atoms with Gasteiger partial charge in [0.2, 0.25) is 0 Å². The van der Waals surface area contributed by atoms with Gasteiger partial charge >= 0.3 is 0 Å². The van der Waals surface area contributed by atoms with Gasteiger partial charge in [-0.3, -0.25) is 9.78 Å². The van der Waals surface area contributed by atoms with Crippen LogP contribution in [0.2, 0.25) is 0 Å². The molecule has 0 aliphatic heterocycles. The highest BCUT2D eigenvalue weighted by Crippen LogP contribution is 2.19. The van der Waals surface area contributed by atoms with Gasteiger partial charge in [-0.2, -0.15) is 5.26 Å². The highest BCUT2D eigenvalue weighted by molar-refractivity contribution is 8.03. The second kappa shape index (κ2) is 5.84. The summed E-state index contributed by atoms with van der Waals surface area (Å²) in [7, 11) is 0. The van der Waals surface area contributed by atoms with Gasteiger partial charge in [0.1, 0.15) is 5.40 Å². The molecule has 1 aromatic heterocycles. The van der Waals surface area contributed by atoms with Gasteiger partial charge in [-0.15, -0.1) is 0 Å². The number of carbonyl (C=O) groups is 1. The van der Waals surface area contributed by atoms with Crippen molar-refractivity contribution in [1.29, 1.82) is 5.26 Å². The molecule has 5 heteroatoms. The van der Waals surface area contributed by atoms with Crippen LogP contribution >= 0.6 is 11.8 Å². The predicted molar refractivity (Wildman–Crippen MR) is 70.1 cm³/mol. The van der Waals surface area contributed by atoms with Gasteiger partial charge < -0.3 is 5.32 Å². The first-order chi connectivity index (χ1) is 8.79. The maximum absolute atomic E-state index is 11.8. The van der Waals surface area contributed by atoms with E-state index in [9.17, 15) is 4.79 Å². The Morgan fingerprint density at radius 2 is 1.83 bits per heavy atom. The molecule has 0 unspecified atom stereocenters. The lowest BCUT2D eigenvalue weighted by atomic mass is 10.2. The number of amides is 1. The lowest BCUT2D eigenvalue weighted by Crippen LogP contribution is -2.11. The number of anilines is 1. The highest BCUT2D eigenvalue weighted by atomic mass is 32.2. The summed E-state index contributed by atoms with van der Waals surface area (Å²) in [4.78, 5) is 16.5. The Morgan fingerprint density at radius 1 is 1.17 bits per heavy atom. The first-order valence-corrected chi connectivity index (χ1v) is 5.98. The lowest BCUT2D eigenvalue weighted by molar-refractivity contribution is 0.102. The van der Waals surface area contributed by atoms with E-state index in [1.807, 2.05) is 5.40 Å². The second-order valence-corrected chi connectivity index (χ2v) is 4.27. The number of rotatable bonds is 3. The number of hydrogen-bond acceptors (Lipinski definition) is 4. The fraction of sp³-hybridized carbons (Fsp3) is 0. The van der Waals surface area contributed by atoms with Crippen LogP contribution in [0.4, 0.5) is 5.69 Å². The molecule has 2 rings (SSSR count). The van der Waals surface area contributed by atoms with Crippen molar-refractivity contribution in [2.75, 3.05) is 5.32 Å². The smallest absolute Gasteiger partial charge is 0.255 e. The molecule has 0 saturated carbocycles. The normalized spacial score (nSPS) is 9.50. The first kappa shape index (κ1) is 12.1. The Hall–Kier alpha value is -2.32. The molecule has 0 saturated heterocycles. The number of carbonyl (C=O) groups excluding carboxylic acids is 1. The van der Waals surface area contributed by atoms with Crippen LogP contribution < -0.4 is 5.32 Å². The largest absolute Gasteiger partial charge is 0.322 e. The van der Waals surface area contributed by atoms with Crippen molar-refractivity contribution in [2.45, 2.75) is 4.90 Å². The molecule has 1 amide bonds. The van der Waals surface area contributed by atoms with E-state index in [0.29, 0.717) is 11.3 Å². The van der Waals surface area contributed by atoms with E-state index < -0.39 is 0 Å².